The lowest BCUT2D eigenvalue weighted by Crippen LogP contribution is -2.61. The number of sulfonamides is 1. The standard InChI is InChI=1S/C28H31N3O8S2/c1-40(34,35)31-17-16-29-19-26(31)27(32)25(30-28(33)38-20-22-8-4-2-5-9-22)18-21-12-14-23(15-13-21)39-41(36,37)24-10-6-3-7-11-24/h2-15,25-26,29H,16-20H2,1H3,(H,30,33)/t25-,26?/m0/s1. The third-order valence-corrected chi connectivity index (χ3v) is 8.95. The van der Waals surface area contributed by atoms with Crippen LogP contribution in [0.2, 0.25) is 0 Å². The first-order chi connectivity index (χ1) is 19.5. The second-order valence-corrected chi connectivity index (χ2v) is 12.9. The van der Waals surface area contributed by atoms with Crippen molar-refractivity contribution in [1.29, 1.82) is 0 Å². The SMILES string of the molecule is CS(=O)(=O)N1CCNCC1C(=O)[C@H](Cc1ccc(OS(=O)(=O)c2ccccc2)cc1)NC(=O)OCc1ccccc1. The minimum Gasteiger partial charge on any atom is -0.445 e. The molecule has 11 nitrogen and oxygen atoms in total. The lowest BCUT2D eigenvalue weighted by molar-refractivity contribution is -0.125. The summed E-state index contributed by atoms with van der Waals surface area (Å²) in [6.45, 7) is 0.576. The molecule has 1 unspecified atom stereocenters. The van der Waals surface area contributed by atoms with Crippen LogP contribution in [0.4, 0.5) is 4.79 Å². The monoisotopic (exact) mass is 601 g/mol. The summed E-state index contributed by atoms with van der Waals surface area (Å²) in [5.74, 6) is -0.443. The van der Waals surface area contributed by atoms with Crippen molar-refractivity contribution >= 4 is 32.0 Å². The van der Waals surface area contributed by atoms with E-state index in [0.29, 0.717) is 12.1 Å². The van der Waals surface area contributed by atoms with Crippen molar-refractivity contribution < 1.29 is 35.3 Å². The summed E-state index contributed by atoms with van der Waals surface area (Å²) >= 11 is 0. The zero-order valence-electron chi connectivity index (χ0n) is 22.3. The molecule has 0 radical (unpaired) electrons. The molecular formula is C28H31N3O8S2. The van der Waals surface area contributed by atoms with E-state index in [1.807, 2.05) is 6.07 Å². The highest BCUT2D eigenvalue weighted by Crippen LogP contribution is 2.21. The number of ketones is 1. The number of nitrogens with zero attached hydrogens (tertiary/aromatic N) is 1. The number of hydrogen-bond donors (Lipinski definition) is 2. The van der Waals surface area contributed by atoms with Gasteiger partial charge in [-0.15, -0.1) is 0 Å². The highest BCUT2D eigenvalue weighted by Gasteiger charge is 2.38. The minimum atomic E-state index is -4.04. The van der Waals surface area contributed by atoms with E-state index in [9.17, 15) is 26.4 Å². The van der Waals surface area contributed by atoms with Gasteiger partial charge in [0.2, 0.25) is 10.0 Å². The molecule has 4 rings (SSSR count). The molecule has 1 fully saturated rings. The van der Waals surface area contributed by atoms with Crippen LogP contribution in [0.15, 0.2) is 89.8 Å². The van der Waals surface area contributed by atoms with Gasteiger partial charge in [-0.05, 0) is 41.8 Å². The summed E-state index contributed by atoms with van der Waals surface area (Å²) in [6, 6.07) is 20.6. The van der Waals surface area contributed by atoms with E-state index >= 15 is 0 Å². The Morgan fingerprint density at radius 3 is 2.20 bits per heavy atom. The molecule has 1 saturated heterocycles. The smallest absolute Gasteiger partial charge is 0.408 e. The molecule has 0 spiro atoms. The minimum absolute atomic E-state index is 0.000905. The average Bonchev–Trinajstić information content (AvgIpc) is 2.97. The molecule has 1 aliphatic rings. The Morgan fingerprint density at radius 2 is 1.56 bits per heavy atom. The second-order valence-electron chi connectivity index (χ2n) is 9.45. The van der Waals surface area contributed by atoms with Crippen LogP contribution in [-0.4, -0.2) is 71.0 Å². The number of Topliss-reactive ketones (excluding diaryl/α,β-unsaturated/α-hetero) is 1. The van der Waals surface area contributed by atoms with Crippen LogP contribution in [0.5, 0.6) is 5.75 Å². The Hall–Kier alpha value is -3.78. The van der Waals surface area contributed by atoms with Gasteiger partial charge in [0.15, 0.2) is 5.78 Å². The molecule has 3 aromatic carbocycles. The van der Waals surface area contributed by atoms with Crippen molar-refractivity contribution in [3.05, 3.63) is 96.1 Å². The number of nitrogens with one attached hydrogen (secondary N) is 2. The summed E-state index contributed by atoms with van der Waals surface area (Å²) < 4.78 is 61.5. The van der Waals surface area contributed by atoms with Crippen molar-refractivity contribution in [2.75, 3.05) is 25.9 Å². The fourth-order valence-corrected chi connectivity index (χ4v) is 6.38. The lowest BCUT2D eigenvalue weighted by Gasteiger charge is -2.35. The van der Waals surface area contributed by atoms with Gasteiger partial charge in [-0.3, -0.25) is 4.79 Å². The van der Waals surface area contributed by atoms with Gasteiger partial charge in [-0.2, -0.15) is 12.7 Å². The maximum Gasteiger partial charge on any atom is 0.408 e. The van der Waals surface area contributed by atoms with Crippen LogP contribution in [0.3, 0.4) is 0 Å². The quantitative estimate of drug-likeness (QED) is 0.315. The number of rotatable bonds is 11. The van der Waals surface area contributed by atoms with Crippen molar-refractivity contribution in [1.82, 2.24) is 14.9 Å². The van der Waals surface area contributed by atoms with Crippen molar-refractivity contribution in [3.8, 4) is 5.75 Å². The molecule has 41 heavy (non-hydrogen) atoms. The lowest BCUT2D eigenvalue weighted by atomic mass is 9.97. The second kappa shape index (κ2) is 13.3. The van der Waals surface area contributed by atoms with Gasteiger partial charge in [0.1, 0.15) is 17.3 Å². The topological polar surface area (TPSA) is 148 Å². The van der Waals surface area contributed by atoms with Crippen LogP contribution >= 0.6 is 0 Å². The Labute approximate surface area is 239 Å². The molecule has 1 aliphatic heterocycles. The molecule has 2 N–H and O–H groups in total. The van der Waals surface area contributed by atoms with E-state index in [1.54, 1.807) is 54.6 Å². The number of ether oxygens (including phenoxy) is 1. The third kappa shape index (κ3) is 8.36. The number of benzene rings is 3. The van der Waals surface area contributed by atoms with Crippen LogP contribution in [0, 0.1) is 0 Å². The normalized spacial score (nSPS) is 16.9. The fraction of sp³-hybridized carbons (Fsp3) is 0.286. The van der Waals surface area contributed by atoms with E-state index in [1.165, 1.54) is 24.3 Å². The number of piperazine rings is 1. The molecule has 13 heteroatoms. The predicted octanol–water partition coefficient (Wildman–Crippen LogP) is 2.09. The van der Waals surface area contributed by atoms with Gasteiger partial charge in [0, 0.05) is 19.6 Å². The maximum atomic E-state index is 13.7. The summed E-state index contributed by atoms with van der Waals surface area (Å²) in [5, 5.41) is 5.63. The molecule has 0 bridgehead atoms. The van der Waals surface area contributed by atoms with Crippen molar-refractivity contribution in [3.63, 3.8) is 0 Å². The summed E-state index contributed by atoms with van der Waals surface area (Å²) in [5.41, 5.74) is 1.33. The molecule has 1 heterocycles. The fourth-order valence-electron chi connectivity index (χ4n) is 4.37. The van der Waals surface area contributed by atoms with E-state index in [2.05, 4.69) is 10.6 Å². The number of amides is 1. The number of hydrogen-bond acceptors (Lipinski definition) is 9. The molecule has 0 saturated carbocycles. The number of alkyl carbamates (subject to hydrolysis) is 1. The largest absolute Gasteiger partial charge is 0.445 e. The molecule has 0 aromatic heterocycles. The van der Waals surface area contributed by atoms with Gasteiger partial charge >= 0.3 is 16.2 Å². The van der Waals surface area contributed by atoms with Gasteiger partial charge < -0.3 is 19.6 Å². The molecule has 218 valence electrons. The molecular weight excluding hydrogens is 570 g/mol. The zero-order valence-corrected chi connectivity index (χ0v) is 23.9. The summed E-state index contributed by atoms with van der Waals surface area (Å²) in [4.78, 5) is 26.4. The van der Waals surface area contributed by atoms with E-state index in [0.717, 1.165) is 16.1 Å². The molecule has 1 amide bonds. The Balaban J connectivity index is 1.51. The number of carbonyl (C=O) groups excluding carboxylic acids is 2. The zero-order chi connectivity index (χ0) is 29.5. The van der Waals surface area contributed by atoms with Gasteiger partial charge in [-0.1, -0.05) is 60.7 Å². The Bertz CT molecular complexity index is 1550. The maximum absolute atomic E-state index is 13.7. The van der Waals surface area contributed by atoms with Gasteiger partial charge in [0.25, 0.3) is 0 Å². The first kappa shape index (κ1) is 30.2. The van der Waals surface area contributed by atoms with Crippen molar-refractivity contribution in [2.45, 2.75) is 30.0 Å². The first-order valence-corrected chi connectivity index (χ1v) is 16.1. The number of carbonyl (C=O) groups is 2. The van der Waals surface area contributed by atoms with E-state index in [4.69, 9.17) is 8.92 Å². The predicted molar refractivity (Wildman–Crippen MR) is 151 cm³/mol. The summed E-state index contributed by atoms with van der Waals surface area (Å²) in [7, 11) is -7.73. The van der Waals surface area contributed by atoms with E-state index in [-0.39, 0.29) is 36.8 Å². The van der Waals surface area contributed by atoms with Crippen LogP contribution in [0.1, 0.15) is 11.1 Å². The average molecular weight is 602 g/mol. The van der Waals surface area contributed by atoms with Crippen LogP contribution in [0.25, 0.3) is 0 Å². The first-order valence-electron chi connectivity index (χ1n) is 12.8. The molecule has 2 atom stereocenters. The highest BCUT2D eigenvalue weighted by atomic mass is 32.2. The highest BCUT2D eigenvalue weighted by molar-refractivity contribution is 7.88. The van der Waals surface area contributed by atoms with Gasteiger partial charge in [0.05, 0.1) is 18.3 Å². The van der Waals surface area contributed by atoms with Crippen molar-refractivity contribution in [2.24, 2.45) is 0 Å². The summed E-state index contributed by atoms with van der Waals surface area (Å²) in [6.07, 6.45) is 0.201. The van der Waals surface area contributed by atoms with Crippen LogP contribution < -0.4 is 14.8 Å². The molecule has 3 aromatic rings. The Morgan fingerprint density at radius 1 is 0.927 bits per heavy atom. The van der Waals surface area contributed by atoms with E-state index < -0.39 is 44.1 Å². The Kier molecular flexibility index (Phi) is 9.76. The van der Waals surface area contributed by atoms with Crippen LogP contribution in [-0.2, 0) is 42.7 Å². The third-order valence-electron chi connectivity index (χ3n) is 6.40. The molecule has 0 aliphatic carbocycles. The van der Waals surface area contributed by atoms with Gasteiger partial charge in [-0.25, -0.2) is 13.2 Å².